The van der Waals surface area contributed by atoms with Crippen molar-refractivity contribution in [3.63, 3.8) is 0 Å². The molecule has 2 atom stereocenters. The molecular weight excluding hydrogens is 260 g/mol. The second kappa shape index (κ2) is 5.99. The number of aryl methyl sites for hydroxylation is 2. The maximum atomic E-state index is 12.1. The van der Waals surface area contributed by atoms with E-state index < -0.39 is 0 Å². The van der Waals surface area contributed by atoms with Crippen LogP contribution in [0.5, 0.6) is 0 Å². The van der Waals surface area contributed by atoms with Crippen LogP contribution < -0.4 is 0 Å². The molecule has 0 radical (unpaired) electrons. The fourth-order valence-electron chi connectivity index (χ4n) is 2.39. The number of thioether (sulfide) groups is 1. The molecule has 0 amide bonds. The van der Waals surface area contributed by atoms with Gasteiger partial charge in [0.15, 0.2) is 0 Å². The number of nitrogens with zero attached hydrogens (tertiary/aromatic N) is 2. The smallest absolute Gasteiger partial charge is 0.309 e. The van der Waals surface area contributed by atoms with Gasteiger partial charge in [0, 0.05) is 18.5 Å². The van der Waals surface area contributed by atoms with Crippen LogP contribution in [0.2, 0.25) is 0 Å². The van der Waals surface area contributed by atoms with Gasteiger partial charge < -0.3 is 4.74 Å². The standard InChI is InChI=1S/C14H22N2O2S/c1-9(14(17)18-12-5-6-19-8-12)7-13-10(2)15-16(4)11(13)3/h9,12H,5-8H2,1-4H3/t9-,12+/m0/s1. The molecule has 4 nitrogen and oxygen atoms in total. The van der Waals surface area contributed by atoms with Gasteiger partial charge in [-0.2, -0.15) is 16.9 Å². The number of aromatic nitrogens is 2. The molecule has 0 aliphatic carbocycles. The number of ether oxygens (including phenoxy) is 1. The Morgan fingerprint density at radius 1 is 1.58 bits per heavy atom. The van der Waals surface area contributed by atoms with E-state index in [2.05, 4.69) is 5.10 Å². The third kappa shape index (κ3) is 3.32. The Bertz CT molecular complexity index is 464. The lowest BCUT2D eigenvalue weighted by Gasteiger charge is -2.15. The highest BCUT2D eigenvalue weighted by Crippen LogP contribution is 2.23. The third-order valence-corrected chi connectivity index (χ3v) is 4.87. The van der Waals surface area contributed by atoms with Crippen molar-refractivity contribution in [1.82, 2.24) is 9.78 Å². The van der Waals surface area contributed by atoms with E-state index in [4.69, 9.17) is 4.74 Å². The molecule has 19 heavy (non-hydrogen) atoms. The molecule has 0 aromatic carbocycles. The van der Waals surface area contributed by atoms with Gasteiger partial charge >= 0.3 is 5.97 Å². The summed E-state index contributed by atoms with van der Waals surface area (Å²) >= 11 is 1.86. The van der Waals surface area contributed by atoms with Crippen molar-refractivity contribution >= 4 is 17.7 Å². The van der Waals surface area contributed by atoms with E-state index in [-0.39, 0.29) is 18.0 Å². The topological polar surface area (TPSA) is 44.1 Å². The third-order valence-electron chi connectivity index (χ3n) is 3.74. The van der Waals surface area contributed by atoms with Crippen LogP contribution in [0.15, 0.2) is 0 Å². The van der Waals surface area contributed by atoms with Gasteiger partial charge in [-0.05, 0) is 38.0 Å². The highest BCUT2D eigenvalue weighted by molar-refractivity contribution is 7.99. The van der Waals surface area contributed by atoms with Crippen LogP contribution in [0.3, 0.4) is 0 Å². The fraction of sp³-hybridized carbons (Fsp3) is 0.714. The molecule has 1 saturated heterocycles. The summed E-state index contributed by atoms with van der Waals surface area (Å²) in [6.45, 7) is 5.98. The highest BCUT2D eigenvalue weighted by Gasteiger charge is 2.24. The van der Waals surface area contributed by atoms with Gasteiger partial charge in [-0.15, -0.1) is 0 Å². The zero-order chi connectivity index (χ0) is 14.0. The molecule has 106 valence electrons. The zero-order valence-electron chi connectivity index (χ0n) is 12.1. The largest absolute Gasteiger partial charge is 0.461 e. The molecule has 0 bridgehead atoms. The van der Waals surface area contributed by atoms with Crippen molar-refractivity contribution in [1.29, 1.82) is 0 Å². The average molecular weight is 282 g/mol. The first-order chi connectivity index (χ1) is 8.99. The first-order valence-corrected chi connectivity index (χ1v) is 7.91. The summed E-state index contributed by atoms with van der Waals surface area (Å²) in [6, 6.07) is 0. The van der Waals surface area contributed by atoms with Gasteiger partial charge in [0.1, 0.15) is 6.10 Å². The number of rotatable bonds is 4. The Balaban J connectivity index is 1.95. The van der Waals surface area contributed by atoms with Crippen molar-refractivity contribution in [2.45, 2.75) is 39.7 Å². The van der Waals surface area contributed by atoms with Crippen molar-refractivity contribution in [3.8, 4) is 0 Å². The van der Waals surface area contributed by atoms with Crippen LogP contribution in [-0.4, -0.2) is 33.4 Å². The van der Waals surface area contributed by atoms with Crippen molar-refractivity contribution in [3.05, 3.63) is 17.0 Å². The summed E-state index contributed by atoms with van der Waals surface area (Å²) in [4.78, 5) is 12.1. The molecule has 2 heterocycles. The SMILES string of the molecule is Cc1nn(C)c(C)c1C[C@H](C)C(=O)O[C@@H]1CCSC1. The Hall–Kier alpha value is -0.970. The summed E-state index contributed by atoms with van der Waals surface area (Å²) in [5.74, 6) is 1.87. The molecule has 2 rings (SSSR count). The minimum absolute atomic E-state index is 0.0739. The van der Waals surface area contributed by atoms with Gasteiger partial charge in [-0.3, -0.25) is 9.48 Å². The Labute approximate surface area is 118 Å². The van der Waals surface area contributed by atoms with E-state index in [9.17, 15) is 4.79 Å². The van der Waals surface area contributed by atoms with Gasteiger partial charge in [0.25, 0.3) is 0 Å². The normalized spacial score (nSPS) is 20.5. The van der Waals surface area contributed by atoms with Crippen molar-refractivity contribution in [2.75, 3.05) is 11.5 Å². The molecule has 0 unspecified atom stereocenters. The summed E-state index contributed by atoms with van der Waals surface area (Å²) < 4.78 is 7.42. The first kappa shape index (κ1) is 14.4. The van der Waals surface area contributed by atoms with Crippen LogP contribution in [0.25, 0.3) is 0 Å². The molecule has 0 saturated carbocycles. The first-order valence-electron chi connectivity index (χ1n) is 6.76. The number of esters is 1. The molecular formula is C14H22N2O2S. The predicted octanol–water partition coefficient (Wildman–Crippen LogP) is 2.26. The minimum atomic E-state index is -0.104. The Kier molecular flexibility index (Phi) is 4.55. The van der Waals surface area contributed by atoms with E-state index in [0.29, 0.717) is 6.42 Å². The lowest BCUT2D eigenvalue weighted by molar-refractivity contribution is -0.152. The summed E-state index contributed by atoms with van der Waals surface area (Å²) in [6.07, 6.45) is 1.83. The second-order valence-electron chi connectivity index (χ2n) is 5.30. The predicted molar refractivity (Wildman–Crippen MR) is 77.4 cm³/mol. The van der Waals surface area contributed by atoms with Crippen LogP contribution in [-0.2, 0) is 23.0 Å². The van der Waals surface area contributed by atoms with Crippen LogP contribution >= 0.6 is 11.8 Å². The number of hydrogen-bond donors (Lipinski definition) is 0. The Morgan fingerprint density at radius 2 is 2.32 bits per heavy atom. The summed E-state index contributed by atoms with van der Waals surface area (Å²) in [5.41, 5.74) is 3.32. The molecule has 1 aromatic rings. The highest BCUT2D eigenvalue weighted by atomic mass is 32.2. The van der Waals surface area contributed by atoms with E-state index in [1.165, 1.54) is 5.56 Å². The summed E-state index contributed by atoms with van der Waals surface area (Å²) in [5, 5.41) is 4.39. The van der Waals surface area contributed by atoms with Crippen LogP contribution in [0.4, 0.5) is 0 Å². The number of carbonyl (C=O) groups excluding carboxylic acids is 1. The molecule has 5 heteroatoms. The molecule has 0 N–H and O–H groups in total. The van der Waals surface area contributed by atoms with Crippen molar-refractivity contribution < 1.29 is 9.53 Å². The van der Waals surface area contributed by atoms with Gasteiger partial charge in [-0.1, -0.05) is 6.92 Å². The van der Waals surface area contributed by atoms with Gasteiger partial charge in [0.2, 0.25) is 0 Å². The fourth-order valence-corrected chi connectivity index (χ4v) is 3.48. The number of carbonyl (C=O) groups is 1. The monoisotopic (exact) mass is 282 g/mol. The van der Waals surface area contributed by atoms with Crippen LogP contribution in [0, 0.1) is 19.8 Å². The minimum Gasteiger partial charge on any atom is -0.461 e. The number of hydrogen-bond acceptors (Lipinski definition) is 4. The molecule has 1 aromatic heterocycles. The van der Waals surface area contributed by atoms with Crippen LogP contribution in [0.1, 0.15) is 30.3 Å². The van der Waals surface area contributed by atoms with Gasteiger partial charge in [0.05, 0.1) is 11.6 Å². The average Bonchev–Trinajstić information content (AvgIpc) is 2.94. The molecule has 1 aliphatic rings. The maximum absolute atomic E-state index is 12.1. The molecule has 1 aliphatic heterocycles. The lowest BCUT2D eigenvalue weighted by atomic mass is 10.00. The Morgan fingerprint density at radius 3 is 2.84 bits per heavy atom. The van der Waals surface area contributed by atoms with E-state index in [0.717, 1.165) is 29.3 Å². The van der Waals surface area contributed by atoms with E-state index in [1.807, 2.05) is 44.3 Å². The zero-order valence-corrected chi connectivity index (χ0v) is 12.9. The van der Waals surface area contributed by atoms with Gasteiger partial charge in [-0.25, -0.2) is 0 Å². The molecule has 0 spiro atoms. The summed E-state index contributed by atoms with van der Waals surface area (Å²) in [7, 11) is 1.94. The van der Waals surface area contributed by atoms with Crippen molar-refractivity contribution in [2.24, 2.45) is 13.0 Å². The second-order valence-corrected chi connectivity index (χ2v) is 6.45. The quantitative estimate of drug-likeness (QED) is 0.795. The lowest BCUT2D eigenvalue weighted by Crippen LogP contribution is -2.24. The molecule has 1 fully saturated rings. The van der Waals surface area contributed by atoms with E-state index in [1.54, 1.807) is 0 Å². The van der Waals surface area contributed by atoms with E-state index >= 15 is 0 Å². The maximum Gasteiger partial charge on any atom is 0.309 e.